The molecule has 0 aliphatic heterocycles. The molecule has 0 atom stereocenters. The van der Waals surface area contributed by atoms with Crippen LogP contribution >= 0.6 is 15.9 Å². The predicted octanol–water partition coefficient (Wildman–Crippen LogP) is 4.35. The van der Waals surface area contributed by atoms with Crippen molar-refractivity contribution in [1.29, 1.82) is 0 Å². The molecule has 2 rings (SSSR count). The van der Waals surface area contributed by atoms with E-state index in [9.17, 15) is 9.90 Å². The molecule has 102 valence electrons. The summed E-state index contributed by atoms with van der Waals surface area (Å²) in [5, 5.41) is 12.4. The topological polar surface area (TPSA) is 49.3 Å². The average molecular weight is 332 g/mol. The zero-order chi connectivity index (χ0) is 14.5. The second kappa shape index (κ2) is 6.39. The van der Waals surface area contributed by atoms with Gasteiger partial charge in [0, 0.05) is 33.6 Å². The van der Waals surface area contributed by atoms with Crippen molar-refractivity contribution in [3.8, 4) is 5.75 Å². The summed E-state index contributed by atoms with van der Waals surface area (Å²) in [6.07, 6.45) is 1.54. The number of hydrogen-bond donors (Lipinski definition) is 2. The van der Waals surface area contributed by atoms with Crippen LogP contribution in [0.25, 0.3) is 0 Å². The number of ketones is 1. The molecule has 0 fully saturated rings. The number of allylic oxidation sites excluding steroid dienone is 2. The van der Waals surface area contributed by atoms with Gasteiger partial charge in [0.15, 0.2) is 5.78 Å². The van der Waals surface area contributed by atoms with E-state index in [4.69, 9.17) is 0 Å². The van der Waals surface area contributed by atoms with E-state index in [1.54, 1.807) is 37.3 Å². The van der Waals surface area contributed by atoms with Crippen molar-refractivity contribution in [2.24, 2.45) is 0 Å². The Kier molecular flexibility index (Phi) is 4.58. The number of carbonyl (C=O) groups is 1. The van der Waals surface area contributed by atoms with Crippen molar-refractivity contribution in [3.63, 3.8) is 0 Å². The molecule has 0 heterocycles. The van der Waals surface area contributed by atoms with Gasteiger partial charge in [-0.1, -0.05) is 22.0 Å². The molecule has 0 spiro atoms. The van der Waals surface area contributed by atoms with Gasteiger partial charge in [-0.3, -0.25) is 4.79 Å². The standard InChI is InChI=1S/C16H14BrNO2/c1-11(18-14-3-2-4-15(19)10-14)9-16(20)12-5-7-13(17)8-6-12/h2-10,18-19H,1H3/b11-9+. The number of halogens is 1. The Hall–Kier alpha value is -2.07. The number of benzene rings is 2. The SMILES string of the molecule is C/C(=C\C(=O)c1ccc(Br)cc1)Nc1cccc(O)c1. The number of carbonyl (C=O) groups excluding carboxylic acids is 1. The zero-order valence-electron chi connectivity index (χ0n) is 10.9. The Bertz CT molecular complexity index is 648. The molecule has 0 bridgehead atoms. The number of phenols is 1. The van der Waals surface area contributed by atoms with Crippen LogP contribution in [-0.2, 0) is 0 Å². The van der Waals surface area contributed by atoms with Crippen molar-refractivity contribution in [2.75, 3.05) is 5.32 Å². The number of nitrogens with one attached hydrogen (secondary N) is 1. The van der Waals surface area contributed by atoms with Crippen LogP contribution in [0, 0.1) is 0 Å². The third kappa shape index (κ3) is 3.96. The highest BCUT2D eigenvalue weighted by Gasteiger charge is 2.03. The lowest BCUT2D eigenvalue weighted by Gasteiger charge is -2.06. The number of anilines is 1. The maximum absolute atomic E-state index is 12.0. The summed E-state index contributed by atoms with van der Waals surface area (Å²) < 4.78 is 0.938. The Morgan fingerprint density at radius 2 is 1.90 bits per heavy atom. The number of hydrogen-bond acceptors (Lipinski definition) is 3. The largest absolute Gasteiger partial charge is 0.508 e. The Morgan fingerprint density at radius 1 is 1.20 bits per heavy atom. The minimum atomic E-state index is -0.0670. The highest BCUT2D eigenvalue weighted by atomic mass is 79.9. The van der Waals surface area contributed by atoms with Crippen molar-refractivity contribution in [3.05, 3.63) is 70.3 Å². The number of aromatic hydroxyl groups is 1. The average Bonchev–Trinajstić information content (AvgIpc) is 2.39. The van der Waals surface area contributed by atoms with E-state index in [2.05, 4.69) is 21.2 Å². The second-order valence-corrected chi connectivity index (χ2v) is 5.29. The van der Waals surface area contributed by atoms with Gasteiger partial charge in [0.1, 0.15) is 5.75 Å². The smallest absolute Gasteiger partial charge is 0.187 e. The molecule has 0 radical (unpaired) electrons. The Labute approximate surface area is 126 Å². The molecule has 3 nitrogen and oxygen atoms in total. The van der Waals surface area contributed by atoms with Crippen LogP contribution in [0.4, 0.5) is 5.69 Å². The quantitative estimate of drug-likeness (QED) is 0.646. The maximum atomic E-state index is 12.0. The summed E-state index contributed by atoms with van der Waals surface area (Å²) in [5.74, 6) is 0.115. The van der Waals surface area contributed by atoms with Gasteiger partial charge in [-0.05, 0) is 43.3 Å². The van der Waals surface area contributed by atoms with E-state index in [-0.39, 0.29) is 11.5 Å². The fourth-order valence-corrected chi connectivity index (χ4v) is 2.01. The molecular weight excluding hydrogens is 318 g/mol. The van der Waals surface area contributed by atoms with Gasteiger partial charge < -0.3 is 10.4 Å². The summed E-state index contributed by atoms with van der Waals surface area (Å²) in [6, 6.07) is 14.0. The van der Waals surface area contributed by atoms with Crippen molar-refractivity contribution in [1.82, 2.24) is 0 Å². The summed E-state index contributed by atoms with van der Waals surface area (Å²) in [5.41, 5.74) is 2.08. The van der Waals surface area contributed by atoms with E-state index in [0.29, 0.717) is 11.3 Å². The molecule has 0 saturated carbocycles. The third-order valence-electron chi connectivity index (χ3n) is 2.66. The van der Waals surface area contributed by atoms with Crippen LogP contribution in [0.5, 0.6) is 5.75 Å². The van der Waals surface area contributed by atoms with Gasteiger partial charge in [-0.25, -0.2) is 0 Å². The molecule has 0 aliphatic rings. The third-order valence-corrected chi connectivity index (χ3v) is 3.19. The number of phenolic OH excluding ortho intramolecular Hbond substituents is 1. The van der Waals surface area contributed by atoms with Crippen LogP contribution in [0.15, 0.2) is 64.8 Å². The summed E-state index contributed by atoms with van der Waals surface area (Å²) in [6.45, 7) is 1.81. The molecule has 2 aromatic carbocycles. The van der Waals surface area contributed by atoms with E-state index >= 15 is 0 Å². The molecule has 2 aromatic rings. The van der Waals surface area contributed by atoms with Crippen molar-refractivity contribution < 1.29 is 9.90 Å². The van der Waals surface area contributed by atoms with E-state index < -0.39 is 0 Å². The lowest BCUT2D eigenvalue weighted by Crippen LogP contribution is -2.01. The lowest BCUT2D eigenvalue weighted by atomic mass is 10.1. The molecule has 20 heavy (non-hydrogen) atoms. The van der Waals surface area contributed by atoms with Gasteiger partial charge >= 0.3 is 0 Å². The van der Waals surface area contributed by atoms with Gasteiger partial charge in [0.2, 0.25) is 0 Å². The molecule has 2 N–H and O–H groups in total. The Balaban J connectivity index is 2.10. The molecule has 0 aromatic heterocycles. The second-order valence-electron chi connectivity index (χ2n) is 4.37. The maximum Gasteiger partial charge on any atom is 0.187 e. The van der Waals surface area contributed by atoms with E-state index in [1.807, 2.05) is 18.2 Å². The van der Waals surface area contributed by atoms with Gasteiger partial charge in [0.25, 0.3) is 0 Å². The predicted molar refractivity (Wildman–Crippen MR) is 84.0 cm³/mol. The van der Waals surface area contributed by atoms with Crippen LogP contribution in [0.2, 0.25) is 0 Å². The van der Waals surface area contributed by atoms with E-state index in [0.717, 1.165) is 10.2 Å². The summed E-state index contributed by atoms with van der Waals surface area (Å²) in [4.78, 5) is 12.0. The van der Waals surface area contributed by atoms with Crippen LogP contribution in [0.3, 0.4) is 0 Å². The minimum Gasteiger partial charge on any atom is -0.508 e. The molecule has 0 amide bonds. The van der Waals surface area contributed by atoms with Crippen molar-refractivity contribution in [2.45, 2.75) is 6.92 Å². The van der Waals surface area contributed by atoms with Crippen molar-refractivity contribution >= 4 is 27.4 Å². The van der Waals surface area contributed by atoms with Gasteiger partial charge in [-0.15, -0.1) is 0 Å². The minimum absolute atomic E-state index is 0.0670. The molecule has 0 aliphatic carbocycles. The van der Waals surface area contributed by atoms with Gasteiger partial charge in [-0.2, -0.15) is 0 Å². The first-order chi connectivity index (χ1) is 9.54. The van der Waals surface area contributed by atoms with Gasteiger partial charge in [0.05, 0.1) is 0 Å². The first-order valence-electron chi connectivity index (χ1n) is 6.09. The molecular formula is C16H14BrNO2. The highest BCUT2D eigenvalue weighted by Crippen LogP contribution is 2.17. The fourth-order valence-electron chi connectivity index (χ4n) is 1.74. The van der Waals surface area contributed by atoms with Crippen LogP contribution < -0.4 is 5.32 Å². The molecule has 0 saturated heterocycles. The number of rotatable bonds is 4. The summed E-state index contributed by atoms with van der Waals surface area (Å²) >= 11 is 3.33. The summed E-state index contributed by atoms with van der Waals surface area (Å²) in [7, 11) is 0. The molecule has 0 unspecified atom stereocenters. The van der Waals surface area contributed by atoms with E-state index in [1.165, 1.54) is 6.08 Å². The zero-order valence-corrected chi connectivity index (χ0v) is 12.5. The fraction of sp³-hybridized carbons (Fsp3) is 0.0625. The Morgan fingerprint density at radius 3 is 2.55 bits per heavy atom. The normalized spacial score (nSPS) is 11.2. The lowest BCUT2D eigenvalue weighted by molar-refractivity contribution is 0.104. The molecule has 4 heteroatoms. The highest BCUT2D eigenvalue weighted by molar-refractivity contribution is 9.10. The van der Waals surface area contributed by atoms with Crippen LogP contribution in [-0.4, -0.2) is 10.9 Å². The van der Waals surface area contributed by atoms with Crippen LogP contribution in [0.1, 0.15) is 17.3 Å². The first-order valence-corrected chi connectivity index (χ1v) is 6.88. The first kappa shape index (κ1) is 14.3. The monoisotopic (exact) mass is 331 g/mol.